The molecule has 0 N–H and O–H groups in total. The standard InChI is InChI=1S/C40H34N2P2.C3H8.C2H3N.CO.CH4.Fe/c1-5-19-35(20-6-1)43(36-21-7-2-8-22-36)39-27-15-13-17-33(39)31-41-29-30-42-32-34-18-14-16-28-40(34)44(37-23-9-3-10-24-37)38-25-11-4-12-26-38;1-3-2;1-2-3;1-2;;/h1-28,31-32H,29-30H2;3H2,1-2H3;1H3;;1H4;/p+2. The summed E-state index contributed by atoms with van der Waals surface area (Å²) < 4.78 is 7.50. The molecule has 0 aliphatic carbocycles. The van der Waals surface area contributed by atoms with Gasteiger partial charge in [-0.2, -0.15) is 5.26 Å². The van der Waals surface area contributed by atoms with Gasteiger partial charge < -0.3 is 0 Å². The normalized spacial score (nSPS) is 9.96. The van der Waals surface area contributed by atoms with Crippen LogP contribution in [-0.4, -0.2) is 25.5 Å². The Balaban J connectivity index is 0.00000135. The topological polar surface area (TPSA) is 68.4 Å². The maximum absolute atomic E-state index is 7.50. The number of aliphatic imine (C=N–C) groups is 2. The van der Waals surface area contributed by atoms with E-state index in [0.717, 1.165) is 0 Å². The van der Waals surface area contributed by atoms with Gasteiger partial charge in [0.05, 0.1) is 35.0 Å². The molecular formula is C47H51FeN3OP2+2. The quantitative estimate of drug-likeness (QED) is 0.0323. The molecule has 0 saturated heterocycles. The molecule has 7 heteroatoms. The van der Waals surface area contributed by atoms with Crippen molar-refractivity contribution in [1.29, 1.82) is 5.26 Å². The van der Waals surface area contributed by atoms with Crippen molar-refractivity contribution in [3.63, 3.8) is 0 Å². The van der Waals surface area contributed by atoms with Crippen LogP contribution in [0.25, 0.3) is 0 Å². The van der Waals surface area contributed by atoms with Gasteiger partial charge in [0.2, 0.25) is 0 Å². The number of hydrogen-bond acceptors (Lipinski definition) is 3. The average molecular weight is 792 g/mol. The number of benzene rings is 6. The third kappa shape index (κ3) is 15.0. The summed E-state index contributed by atoms with van der Waals surface area (Å²) in [5, 5.41) is 15.5. The van der Waals surface area contributed by atoms with Crippen LogP contribution in [0.2, 0.25) is 0 Å². The van der Waals surface area contributed by atoms with E-state index >= 15 is 0 Å². The number of hydrogen-bond donors (Lipinski definition) is 0. The second kappa shape index (κ2) is 28.7. The summed E-state index contributed by atoms with van der Waals surface area (Å²) in [4.78, 5) is 9.68. The first kappa shape index (κ1) is 47.3. The molecule has 0 aromatic heterocycles. The predicted octanol–water partition coefficient (Wildman–Crippen LogP) is 8.75. The van der Waals surface area contributed by atoms with Crippen LogP contribution in [0.1, 0.15) is 45.7 Å². The monoisotopic (exact) mass is 791 g/mol. The Morgan fingerprint density at radius 3 is 1.00 bits per heavy atom. The fourth-order valence-electron chi connectivity index (χ4n) is 5.49. The molecule has 0 unspecified atom stereocenters. The molecule has 0 fully saturated rings. The van der Waals surface area contributed by atoms with Gasteiger partial charge in [0.25, 0.3) is 0 Å². The average Bonchev–Trinajstić information content (AvgIpc) is 3.20. The zero-order valence-corrected chi connectivity index (χ0v) is 33.6. The van der Waals surface area contributed by atoms with E-state index in [1.165, 1.54) is 56.3 Å². The van der Waals surface area contributed by atoms with Gasteiger partial charge in [-0.1, -0.05) is 125 Å². The Morgan fingerprint density at radius 1 is 0.519 bits per heavy atom. The van der Waals surface area contributed by atoms with E-state index in [9.17, 15) is 0 Å². The molecular weight excluding hydrogens is 740 g/mol. The van der Waals surface area contributed by atoms with Crippen LogP contribution in [0, 0.1) is 18.0 Å². The summed E-state index contributed by atoms with van der Waals surface area (Å²) in [6.45, 7) is 11.5. The molecule has 6 aromatic rings. The Labute approximate surface area is 336 Å². The molecule has 0 heterocycles. The molecule has 6 aromatic carbocycles. The van der Waals surface area contributed by atoms with E-state index in [1.807, 2.05) is 12.4 Å². The molecule has 0 aliphatic heterocycles. The molecule has 0 atom stereocenters. The van der Waals surface area contributed by atoms with Crippen LogP contribution in [0.3, 0.4) is 0 Å². The Hall–Kier alpha value is -4.73. The van der Waals surface area contributed by atoms with Gasteiger partial charge >= 0.3 is 11.3 Å². The molecule has 0 radical (unpaired) electrons. The molecule has 0 amide bonds. The van der Waals surface area contributed by atoms with Gasteiger partial charge in [0.15, 0.2) is 0 Å². The van der Waals surface area contributed by atoms with Crippen molar-refractivity contribution < 1.29 is 21.7 Å². The summed E-state index contributed by atoms with van der Waals surface area (Å²) in [6.07, 6.45) is 5.34. The second-order valence-corrected chi connectivity index (χ2v) is 16.3. The zero-order chi connectivity index (χ0) is 37.2. The summed E-state index contributed by atoms with van der Waals surface area (Å²) in [6, 6.07) is 62.7. The van der Waals surface area contributed by atoms with Crippen LogP contribution >= 0.6 is 15.8 Å². The summed E-state index contributed by atoms with van der Waals surface area (Å²) >= 11 is 0. The van der Waals surface area contributed by atoms with Crippen LogP contribution in [-0.2, 0) is 21.7 Å². The van der Waals surface area contributed by atoms with E-state index in [-0.39, 0.29) is 24.5 Å². The molecule has 0 bridgehead atoms. The van der Waals surface area contributed by atoms with Gasteiger partial charge in [-0.05, 0) is 72.8 Å². The van der Waals surface area contributed by atoms with Crippen LogP contribution in [0.4, 0.5) is 0 Å². The van der Waals surface area contributed by atoms with Crippen molar-refractivity contribution in [2.75, 3.05) is 13.1 Å². The third-order valence-corrected chi connectivity index (χ3v) is 13.2. The molecule has 0 spiro atoms. The van der Waals surface area contributed by atoms with Gasteiger partial charge in [-0.15, -0.1) is 0 Å². The Morgan fingerprint density at radius 2 is 0.741 bits per heavy atom. The molecule has 0 aliphatic rings. The van der Waals surface area contributed by atoms with Crippen molar-refractivity contribution in [2.24, 2.45) is 9.98 Å². The maximum Gasteiger partial charge on any atom is 0 e. The smallest absolute Gasteiger partial charge is 0 e. The molecule has 0 saturated carbocycles. The first-order valence-corrected chi connectivity index (χ1v) is 20.4. The molecule has 4 nitrogen and oxygen atoms in total. The largest absolute Gasteiger partial charge is 0 e. The van der Waals surface area contributed by atoms with E-state index in [4.69, 9.17) is 19.9 Å². The van der Waals surface area contributed by atoms with Crippen molar-refractivity contribution >= 4 is 60.1 Å². The van der Waals surface area contributed by atoms with E-state index in [0.29, 0.717) is 13.1 Å². The van der Waals surface area contributed by atoms with Crippen molar-refractivity contribution in [3.8, 4) is 6.07 Å². The summed E-state index contributed by atoms with van der Waals surface area (Å²) in [7, 11) is -2.33. The SMILES string of the molecule is C.C(=NCCN=Cc1ccccc1[PH+](c1ccccc1)c1ccccc1)c1ccccc1[PH+](c1ccccc1)c1ccccc1.CC#N.CCC.[C-]#[O+].[Fe]. The van der Waals surface area contributed by atoms with E-state index in [1.54, 1.807) is 6.07 Å². The third-order valence-electron chi connectivity index (χ3n) is 7.53. The number of rotatable bonds is 11. The Bertz CT molecular complexity index is 1770. The minimum Gasteiger partial charge on any atom is 0 e. The van der Waals surface area contributed by atoms with E-state index in [2.05, 4.69) is 190 Å². The second-order valence-electron chi connectivity index (χ2n) is 11.4. The summed E-state index contributed by atoms with van der Waals surface area (Å²) in [5.41, 5.74) is 2.36. The molecule has 6 rings (SSSR count). The van der Waals surface area contributed by atoms with Gasteiger partial charge in [-0.25, -0.2) is 0 Å². The van der Waals surface area contributed by atoms with Crippen LogP contribution in [0.15, 0.2) is 180 Å². The van der Waals surface area contributed by atoms with Crippen LogP contribution in [0.5, 0.6) is 0 Å². The van der Waals surface area contributed by atoms with Crippen molar-refractivity contribution in [1.82, 2.24) is 0 Å². The minimum atomic E-state index is -1.17. The fourth-order valence-corrected chi connectivity index (χ4v) is 10.9. The van der Waals surface area contributed by atoms with E-state index < -0.39 is 15.8 Å². The number of nitrogens with zero attached hydrogens (tertiary/aromatic N) is 3. The maximum atomic E-state index is 7.50. The first-order chi connectivity index (χ1) is 25.7. The zero-order valence-electron chi connectivity index (χ0n) is 30.5. The van der Waals surface area contributed by atoms with Crippen molar-refractivity contribution in [3.05, 3.63) is 188 Å². The summed E-state index contributed by atoms with van der Waals surface area (Å²) in [5.74, 6) is 0. The van der Waals surface area contributed by atoms with Gasteiger partial charge in [-0.3, -0.25) is 9.98 Å². The van der Waals surface area contributed by atoms with Crippen LogP contribution < -0.4 is 31.8 Å². The molecule has 54 heavy (non-hydrogen) atoms. The molecule has 276 valence electrons. The van der Waals surface area contributed by atoms with Gasteiger partial charge in [0, 0.05) is 47.5 Å². The van der Waals surface area contributed by atoms with Gasteiger partial charge in [0.1, 0.15) is 31.8 Å². The fraction of sp³-hybridized carbons (Fsp3) is 0.149. The first-order valence-electron chi connectivity index (χ1n) is 17.4. The predicted molar refractivity (Wildman–Crippen MR) is 236 cm³/mol. The Kier molecular flexibility index (Phi) is 25.2. The minimum absolute atomic E-state index is 0. The number of nitriles is 1. The van der Waals surface area contributed by atoms with Crippen molar-refractivity contribution in [2.45, 2.75) is 34.6 Å².